The average molecular weight is 407 g/mol. The van der Waals surface area contributed by atoms with Gasteiger partial charge in [-0.1, -0.05) is 12.1 Å². The molecule has 154 valence electrons. The van der Waals surface area contributed by atoms with Crippen LogP contribution in [-0.2, 0) is 16.1 Å². The van der Waals surface area contributed by atoms with Gasteiger partial charge in [-0.25, -0.2) is 0 Å². The van der Waals surface area contributed by atoms with Crippen molar-refractivity contribution in [2.24, 2.45) is 0 Å². The molecular weight excluding hydrogens is 386 g/mol. The Labute approximate surface area is 173 Å². The molecule has 1 unspecified atom stereocenters. The van der Waals surface area contributed by atoms with E-state index in [-0.39, 0.29) is 17.9 Å². The Balaban J connectivity index is 1.83. The molecule has 7 heteroatoms. The molecule has 1 saturated heterocycles. The largest absolute Gasteiger partial charge is 0.507 e. The number of rotatable bonds is 6. The van der Waals surface area contributed by atoms with Gasteiger partial charge in [0.2, 0.25) is 0 Å². The molecule has 7 nitrogen and oxygen atoms in total. The van der Waals surface area contributed by atoms with Crippen LogP contribution in [-0.4, -0.2) is 28.3 Å². The van der Waals surface area contributed by atoms with Crippen LogP contribution in [0.5, 0.6) is 5.75 Å². The van der Waals surface area contributed by atoms with Crippen molar-refractivity contribution in [2.75, 3.05) is 6.61 Å². The van der Waals surface area contributed by atoms with Crippen LogP contribution in [0.25, 0.3) is 5.76 Å². The smallest absolute Gasteiger partial charge is 0.296 e. The third-order valence-corrected chi connectivity index (χ3v) is 4.90. The minimum atomic E-state index is -0.875. The average Bonchev–Trinajstić information content (AvgIpc) is 3.45. The number of aliphatic hydroxyl groups excluding tert-OH is 1. The summed E-state index contributed by atoms with van der Waals surface area (Å²) < 4.78 is 16.6. The Kier molecular flexibility index (Phi) is 5.18. The predicted octanol–water partition coefficient (Wildman–Crippen LogP) is 4.20. The van der Waals surface area contributed by atoms with Gasteiger partial charge in [0.1, 0.15) is 34.8 Å². The van der Waals surface area contributed by atoms with E-state index in [1.165, 1.54) is 11.2 Å². The normalized spacial score (nSPS) is 18.2. The zero-order valence-electron chi connectivity index (χ0n) is 16.6. The number of ketones is 1. The van der Waals surface area contributed by atoms with Crippen LogP contribution in [0.4, 0.5) is 0 Å². The molecule has 0 bridgehead atoms. The van der Waals surface area contributed by atoms with Gasteiger partial charge in [-0.05, 0) is 50.2 Å². The highest BCUT2D eigenvalue weighted by molar-refractivity contribution is 6.46. The van der Waals surface area contributed by atoms with Crippen LogP contribution in [0.1, 0.15) is 35.8 Å². The summed E-state index contributed by atoms with van der Waals surface area (Å²) in [6.45, 7) is 4.15. The summed E-state index contributed by atoms with van der Waals surface area (Å²) in [6, 6.07) is 12.7. The molecule has 3 heterocycles. The van der Waals surface area contributed by atoms with Crippen molar-refractivity contribution < 1.29 is 28.3 Å². The van der Waals surface area contributed by atoms with Gasteiger partial charge in [0.25, 0.3) is 11.7 Å². The van der Waals surface area contributed by atoms with Gasteiger partial charge in [0.15, 0.2) is 0 Å². The topological polar surface area (TPSA) is 93.1 Å². The van der Waals surface area contributed by atoms with Gasteiger partial charge in [0.05, 0.1) is 25.0 Å². The second-order valence-electron chi connectivity index (χ2n) is 6.92. The molecule has 2 aromatic heterocycles. The molecule has 1 N–H and O–H groups in total. The van der Waals surface area contributed by atoms with Gasteiger partial charge in [-0.2, -0.15) is 0 Å². The van der Waals surface area contributed by atoms with E-state index in [0.29, 0.717) is 35.2 Å². The second kappa shape index (κ2) is 7.94. The number of furan rings is 2. The number of ether oxygens (including phenoxy) is 1. The molecule has 0 spiro atoms. The molecule has 0 aliphatic carbocycles. The number of carbonyl (C=O) groups excluding carboxylic acids is 2. The lowest BCUT2D eigenvalue weighted by Gasteiger charge is -2.22. The number of aryl methyl sites for hydroxylation is 1. The van der Waals surface area contributed by atoms with Crippen LogP contribution < -0.4 is 4.74 Å². The maximum atomic E-state index is 12.9. The van der Waals surface area contributed by atoms with Crippen LogP contribution in [0.2, 0.25) is 0 Å². The molecule has 3 aromatic rings. The molecule has 1 atom stereocenters. The molecule has 0 radical (unpaired) electrons. The van der Waals surface area contributed by atoms with E-state index in [1.54, 1.807) is 55.5 Å². The highest BCUT2D eigenvalue weighted by Gasteiger charge is 2.47. The number of likely N-dealkylation sites (tertiary alicyclic amines) is 1. The SMILES string of the molecule is CCOc1cccc(/C(O)=C2/C(=O)C(=O)N(Cc3ccco3)C2c2ccc(C)o2)c1. The van der Waals surface area contributed by atoms with Crippen LogP contribution in [0.3, 0.4) is 0 Å². The number of Topliss-reactive ketones (excluding diaryl/α,β-unsaturated/α-hetero) is 1. The quantitative estimate of drug-likeness (QED) is 0.374. The lowest BCUT2D eigenvalue weighted by molar-refractivity contribution is -0.140. The molecule has 1 fully saturated rings. The zero-order valence-corrected chi connectivity index (χ0v) is 16.6. The van der Waals surface area contributed by atoms with Crippen LogP contribution in [0, 0.1) is 6.92 Å². The van der Waals surface area contributed by atoms with Crippen molar-refractivity contribution >= 4 is 17.4 Å². The van der Waals surface area contributed by atoms with Gasteiger partial charge in [-0.3, -0.25) is 9.59 Å². The van der Waals surface area contributed by atoms with E-state index < -0.39 is 17.7 Å². The summed E-state index contributed by atoms with van der Waals surface area (Å²) in [5, 5.41) is 11.0. The third kappa shape index (κ3) is 3.50. The van der Waals surface area contributed by atoms with Crippen molar-refractivity contribution in [3.63, 3.8) is 0 Å². The summed E-state index contributed by atoms with van der Waals surface area (Å²) in [7, 11) is 0. The Morgan fingerprint density at radius 3 is 2.67 bits per heavy atom. The van der Waals surface area contributed by atoms with E-state index in [9.17, 15) is 14.7 Å². The first kappa shape index (κ1) is 19.6. The van der Waals surface area contributed by atoms with Crippen molar-refractivity contribution in [1.82, 2.24) is 4.90 Å². The highest BCUT2D eigenvalue weighted by Crippen LogP contribution is 2.41. The fourth-order valence-electron chi connectivity index (χ4n) is 3.57. The standard InChI is InChI=1S/C23H21NO6/c1-3-28-16-7-4-6-15(12-16)21(25)19-20(18-10-9-14(2)30-18)24(23(27)22(19)26)13-17-8-5-11-29-17/h4-12,20,25H,3,13H2,1-2H3/b21-19-. The third-order valence-electron chi connectivity index (χ3n) is 4.90. The van der Waals surface area contributed by atoms with Crippen molar-refractivity contribution in [3.8, 4) is 5.75 Å². The summed E-state index contributed by atoms with van der Waals surface area (Å²) >= 11 is 0. The lowest BCUT2D eigenvalue weighted by atomic mass is 9.99. The van der Waals surface area contributed by atoms with Crippen molar-refractivity contribution in [2.45, 2.75) is 26.4 Å². The number of aliphatic hydroxyl groups is 1. The minimum absolute atomic E-state index is 0.0328. The molecular formula is C23H21NO6. The fourth-order valence-corrected chi connectivity index (χ4v) is 3.57. The van der Waals surface area contributed by atoms with Gasteiger partial charge < -0.3 is 23.6 Å². The van der Waals surface area contributed by atoms with E-state index in [4.69, 9.17) is 13.6 Å². The minimum Gasteiger partial charge on any atom is -0.507 e. The lowest BCUT2D eigenvalue weighted by Crippen LogP contribution is -2.28. The Bertz CT molecular complexity index is 1110. The summed E-state index contributed by atoms with van der Waals surface area (Å²) in [6.07, 6.45) is 1.50. The predicted molar refractivity (Wildman–Crippen MR) is 108 cm³/mol. The first-order chi connectivity index (χ1) is 14.5. The molecule has 1 aromatic carbocycles. The second-order valence-corrected chi connectivity index (χ2v) is 6.92. The molecule has 0 saturated carbocycles. The number of nitrogens with zero attached hydrogens (tertiary/aromatic N) is 1. The molecule has 1 aliphatic rings. The zero-order chi connectivity index (χ0) is 21.3. The van der Waals surface area contributed by atoms with E-state index >= 15 is 0 Å². The van der Waals surface area contributed by atoms with Crippen molar-refractivity contribution in [3.05, 3.63) is 83.2 Å². The van der Waals surface area contributed by atoms with E-state index in [1.807, 2.05) is 6.92 Å². The van der Waals surface area contributed by atoms with E-state index in [0.717, 1.165) is 0 Å². The number of amides is 1. The number of benzene rings is 1. The van der Waals surface area contributed by atoms with Gasteiger partial charge in [0, 0.05) is 5.56 Å². The number of hydrogen-bond donors (Lipinski definition) is 1. The first-order valence-corrected chi connectivity index (χ1v) is 9.60. The summed E-state index contributed by atoms with van der Waals surface area (Å²) in [5.41, 5.74) is 0.347. The van der Waals surface area contributed by atoms with Crippen LogP contribution in [0.15, 0.2) is 69.2 Å². The maximum absolute atomic E-state index is 12.9. The molecule has 4 rings (SSSR count). The maximum Gasteiger partial charge on any atom is 0.296 e. The number of hydrogen-bond acceptors (Lipinski definition) is 6. The van der Waals surface area contributed by atoms with Crippen LogP contribution >= 0.6 is 0 Å². The van der Waals surface area contributed by atoms with Gasteiger partial charge >= 0.3 is 0 Å². The van der Waals surface area contributed by atoms with E-state index in [2.05, 4.69) is 0 Å². The summed E-state index contributed by atoms with van der Waals surface area (Å²) in [4.78, 5) is 27.2. The van der Waals surface area contributed by atoms with Crippen molar-refractivity contribution in [1.29, 1.82) is 0 Å². The molecule has 30 heavy (non-hydrogen) atoms. The molecule has 1 amide bonds. The Morgan fingerprint density at radius 2 is 2.00 bits per heavy atom. The Morgan fingerprint density at radius 1 is 1.17 bits per heavy atom. The number of carbonyl (C=O) groups is 2. The first-order valence-electron chi connectivity index (χ1n) is 9.60. The highest BCUT2D eigenvalue weighted by atomic mass is 16.5. The fraction of sp³-hybridized carbons (Fsp3) is 0.217. The summed E-state index contributed by atoms with van der Waals surface area (Å²) in [5.74, 6) is 0.303. The van der Waals surface area contributed by atoms with Gasteiger partial charge in [-0.15, -0.1) is 0 Å². The Hall–Kier alpha value is -3.74. The monoisotopic (exact) mass is 407 g/mol. The molecule has 1 aliphatic heterocycles.